The Kier molecular flexibility index (Phi) is 4.03. The van der Waals surface area contributed by atoms with Crippen LogP contribution in [-0.2, 0) is 6.42 Å². The molecular formula is C21H17N5S. The minimum Gasteiger partial charge on any atom is -0.360 e. The molecule has 0 unspecified atom stereocenters. The van der Waals surface area contributed by atoms with E-state index < -0.39 is 0 Å². The summed E-state index contributed by atoms with van der Waals surface area (Å²) < 4.78 is 1.92. The van der Waals surface area contributed by atoms with E-state index in [1.54, 1.807) is 11.3 Å². The molecule has 2 aromatic carbocycles. The molecule has 0 aliphatic carbocycles. The van der Waals surface area contributed by atoms with Gasteiger partial charge in [-0.2, -0.15) is 0 Å². The number of nitrogens with one attached hydrogen (secondary N) is 1. The van der Waals surface area contributed by atoms with Crippen LogP contribution >= 0.6 is 11.3 Å². The standard InChI is InChI=1S/C21H17N5S/c1-2-4-17-13-18(6-5-16(17)3-1)19-14-24-21-26(19)25-20(27-21)23-12-9-15-7-10-22-11-8-15/h1-8,10-11,13-14H,9,12H2,(H,23,25). The van der Waals surface area contributed by atoms with E-state index in [2.05, 4.69) is 57.7 Å². The first-order valence-electron chi connectivity index (χ1n) is 8.83. The van der Waals surface area contributed by atoms with Crippen LogP contribution < -0.4 is 5.32 Å². The predicted molar refractivity (Wildman–Crippen MR) is 110 cm³/mol. The number of benzene rings is 2. The molecule has 1 N–H and O–H groups in total. The zero-order valence-electron chi connectivity index (χ0n) is 14.5. The van der Waals surface area contributed by atoms with Crippen molar-refractivity contribution in [2.45, 2.75) is 6.42 Å². The molecule has 0 saturated heterocycles. The van der Waals surface area contributed by atoms with Crippen LogP contribution in [0.3, 0.4) is 0 Å². The third kappa shape index (κ3) is 3.15. The summed E-state index contributed by atoms with van der Waals surface area (Å²) in [4.78, 5) is 9.47. The third-order valence-corrected chi connectivity index (χ3v) is 5.45. The Bertz CT molecular complexity index is 1210. The van der Waals surface area contributed by atoms with Gasteiger partial charge in [-0.25, -0.2) is 9.50 Å². The fourth-order valence-corrected chi connectivity index (χ4v) is 3.97. The average molecular weight is 371 g/mol. The van der Waals surface area contributed by atoms with Crippen LogP contribution in [0.2, 0.25) is 0 Å². The molecule has 5 nitrogen and oxygen atoms in total. The summed E-state index contributed by atoms with van der Waals surface area (Å²) in [5.41, 5.74) is 3.39. The van der Waals surface area contributed by atoms with E-state index in [1.807, 2.05) is 35.2 Å². The van der Waals surface area contributed by atoms with Crippen LogP contribution in [0.25, 0.3) is 27.0 Å². The molecule has 6 heteroatoms. The highest BCUT2D eigenvalue weighted by atomic mass is 32.1. The molecule has 5 aromatic rings. The van der Waals surface area contributed by atoms with Gasteiger partial charge in [-0.1, -0.05) is 47.7 Å². The van der Waals surface area contributed by atoms with Gasteiger partial charge in [0.15, 0.2) is 0 Å². The van der Waals surface area contributed by atoms with E-state index in [-0.39, 0.29) is 0 Å². The number of nitrogens with zero attached hydrogens (tertiary/aromatic N) is 4. The molecule has 27 heavy (non-hydrogen) atoms. The van der Waals surface area contributed by atoms with Gasteiger partial charge in [-0.3, -0.25) is 4.98 Å². The molecule has 3 aromatic heterocycles. The molecule has 132 valence electrons. The Hall–Kier alpha value is -3.25. The topological polar surface area (TPSA) is 55.1 Å². The summed E-state index contributed by atoms with van der Waals surface area (Å²) in [6.45, 7) is 0.825. The van der Waals surface area contributed by atoms with E-state index in [0.717, 1.165) is 34.3 Å². The second-order valence-electron chi connectivity index (χ2n) is 6.34. The summed E-state index contributed by atoms with van der Waals surface area (Å²) in [6.07, 6.45) is 6.47. The highest BCUT2D eigenvalue weighted by molar-refractivity contribution is 7.20. The maximum Gasteiger partial charge on any atom is 0.214 e. The smallest absolute Gasteiger partial charge is 0.214 e. The van der Waals surface area contributed by atoms with Crippen LogP contribution in [0.5, 0.6) is 0 Å². The van der Waals surface area contributed by atoms with Gasteiger partial charge in [-0.15, -0.1) is 5.10 Å². The van der Waals surface area contributed by atoms with Gasteiger partial charge in [0.2, 0.25) is 10.1 Å². The van der Waals surface area contributed by atoms with Gasteiger partial charge in [-0.05, 0) is 41.0 Å². The number of hydrogen-bond donors (Lipinski definition) is 1. The van der Waals surface area contributed by atoms with Crippen LogP contribution in [-0.4, -0.2) is 26.1 Å². The molecule has 0 aliphatic heterocycles. The minimum absolute atomic E-state index is 0.825. The number of fused-ring (bicyclic) bond motifs is 2. The Morgan fingerprint density at radius 2 is 1.81 bits per heavy atom. The quantitative estimate of drug-likeness (QED) is 0.488. The molecule has 0 aliphatic rings. The highest BCUT2D eigenvalue weighted by Gasteiger charge is 2.12. The van der Waals surface area contributed by atoms with Crippen molar-refractivity contribution in [2.75, 3.05) is 11.9 Å². The molecular weight excluding hydrogens is 354 g/mol. The molecule has 0 bridgehead atoms. The maximum absolute atomic E-state index is 4.71. The molecule has 0 radical (unpaired) electrons. The number of imidazole rings is 1. The Morgan fingerprint density at radius 1 is 0.963 bits per heavy atom. The Balaban J connectivity index is 1.39. The summed E-state index contributed by atoms with van der Waals surface area (Å²) >= 11 is 1.57. The first-order chi connectivity index (χ1) is 13.4. The fraction of sp³-hybridized carbons (Fsp3) is 0.0952. The normalized spacial score (nSPS) is 11.3. The largest absolute Gasteiger partial charge is 0.360 e. The van der Waals surface area contributed by atoms with Gasteiger partial charge in [0.1, 0.15) is 0 Å². The fourth-order valence-electron chi connectivity index (χ4n) is 3.17. The lowest BCUT2D eigenvalue weighted by Crippen LogP contribution is -2.05. The first-order valence-corrected chi connectivity index (χ1v) is 9.65. The van der Waals surface area contributed by atoms with E-state index in [4.69, 9.17) is 5.10 Å². The van der Waals surface area contributed by atoms with Gasteiger partial charge in [0, 0.05) is 24.5 Å². The van der Waals surface area contributed by atoms with Crippen molar-refractivity contribution in [3.05, 3.63) is 78.8 Å². The van der Waals surface area contributed by atoms with Crippen molar-refractivity contribution in [2.24, 2.45) is 0 Å². The van der Waals surface area contributed by atoms with Crippen LogP contribution in [0.4, 0.5) is 5.13 Å². The monoisotopic (exact) mass is 371 g/mol. The minimum atomic E-state index is 0.825. The SMILES string of the molecule is c1ccc2cc(-c3cnc4sc(NCCc5ccncc5)nn34)ccc2c1. The number of anilines is 1. The van der Waals surface area contributed by atoms with Crippen molar-refractivity contribution < 1.29 is 0 Å². The van der Waals surface area contributed by atoms with Crippen molar-refractivity contribution in [3.8, 4) is 11.3 Å². The zero-order chi connectivity index (χ0) is 18.1. The van der Waals surface area contributed by atoms with Crippen LogP contribution in [0.15, 0.2) is 73.2 Å². The van der Waals surface area contributed by atoms with Crippen LogP contribution in [0, 0.1) is 0 Å². The van der Waals surface area contributed by atoms with Crippen molar-refractivity contribution in [3.63, 3.8) is 0 Å². The highest BCUT2D eigenvalue weighted by Crippen LogP contribution is 2.28. The van der Waals surface area contributed by atoms with Crippen molar-refractivity contribution in [1.29, 1.82) is 0 Å². The summed E-state index contributed by atoms with van der Waals surface area (Å²) in [7, 11) is 0. The van der Waals surface area contributed by atoms with E-state index >= 15 is 0 Å². The van der Waals surface area contributed by atoms with Gasteiger partial charge < -0.3 is 5.32 Å². The Morgan fingerprint density at radius 3 is 2.70 bits per heavy atom. The van der Waals surface area contributed by atoms with Gasteiger partial charge >= 0.3 is 0 Å². The van der Waals surface area contributed by atoms with Gasteiger partial charge in [0.25, 0.3) is 0 Å². The number of pyridine rings is 1. The molecule has 0 amide bonds. The van der Waals surface area contributed by atoms with Crippen LogP contribution in [0.1, 0.15) is 5.56 Å². The first kappa shape index (κ1) is 16.0. The zero-order valence-corrected chi connectivity index (χ0v) is 15.4. The number of aromatic nitrogens is 4. The molecule has 5 rings (SSSR count). The average Bonchev–Trinajstić information content (AvgIpc) is 3.29. The summed E-state index contributed by atoms with van der Waals surface area (Å²) in [5.74, 6) is 0. The predicted octanol–water partition coefficient (Wildman–Crippen LogP) is 4.66. The van der Waals surface area contributed by atoms with Crippen molar-refractivity contribution in [1.82, 2.24) is 19.6 Å². The second kappa shape index (κ2) is 6.81. The molecule has 0 atom stereocenters. The maximum atomic E-state index is 4.71. The summed E-state index contributed by atoms with van der Waals surface area (Å²) in [6, 6.07) is 18.9. The number of rotatable bonds is 5. The lowest BCUT2D eigenvalue weighted by atomic mass is 10.1. The summed E-state index contributed by atoms with van der Waals surface area (Å²) in [5, 5.41) is 11.4. The van der Waals surface area contributed by atoms with Gasteiger partial charge in [0.05, 0.1) is 11.9 Å². The van der Waals surface area contributed by atoms with E-state index in [1.165, 1.54) is 16.3 Å². The van der Waals surface area contributed by atoms with E-state index in [9.17, 15) is 0 Å². The van der Waals surface area contributed by atoms with E-state index in [0.29, 0.717) is 0 Å². The van der Waals surface area contributed by atoms with Crippen molar-refractivity contribution >= 4 is 32.2 Å². The lowest BCUT2D eigenvalue weighted by molar-refractivity contribution is 0.951. The Labute approximate surface area is 160 Å². The third-order valence-electron chi connectivity index (χ3n) is 4.57. The molecule has 0 spiro atoms. The second-order valence-corrected chi connectivity index (χ2v) is 7.30. The molecule has 3 heterocycles. The molecule has 0 saturated carbocycles. The lowest BCUT2D eigenvalue weighted by Gasteiger charge is -2.03. The number of hydrogen-bond acceptors (Lipinski definition) is 5. The molecule has 0 fully saturated rings.